The predicted molar refractivity (Wildman–Crippen MR) is 61.1 cm³/mol. The van der Waals surface area contributed by atoms with E-state index >= 15 is 0 Å². The van der Waals surface area contributed by atoms with E-state index in [1.165, 1.54) is 0 Å². The first-order chi connectivity index (χ1) is 7.00. The number of hydrogen-bond donors (Lipinski definition) is 1. The van der Waals surface area contributed by atoms with E-state index in [1.54, 1.807) is 11.5 Å². The van der Waals surface area contributed by atoms with Crippen molar-refractivity contribution in [2.75, 3.05) is 11.5 Å². The summed E-state index contributed by atoms with van der Waals surface area (Å²) in [5.41, 5.74) is 0. The molecule has 0 aromatic carbocycles. The number of hydrogen-bond acceptors (Lipinski definition) is 4. The van der Waals surface area contributed by atoms with Crippen LogP contribution in [0, 0.1) is 4.77 Å². The molecule has 0 spiro atoms. The minimum atomic E-state index is -2.95. The number of aromatic nitrogens is 3. The molecule has 0 saturated heterocycles. The predicted octanol–water partition coefficient (Wildman–Crippen LogP) is 0.938. The van der Waals surface area contributed by atoms with Gasteiger partial charge in [0.05, 0.1) is 5.75 Å². The number of nitrogens with zero attached hydrogens (tertiary/aromatic N) is 2. The maximum Gasteiger partial charge on any atom is 0.195 e. The SMILES string of the molecule is CCc1n[nH]c(=S)n1CCS(=O)(=O)CC. The van der Waals surface area contributed by atoms with Gasteiger partial charge in [-0.05, 0) is 12.2 Å². The normalized spacial score (nSPS) is 11.9. The van der Waals surface area contributed by atoms with Crippen molar-refractivity contribution in [3.05, 3.63) is 10.6 Å². The molecule has 0 radical (unpaired) electrons. The monoisotopic (exact) mass is 249 g/mol. The average Bonchev–Trinajstić information content (AvgIpc) is 2.56. The molecule has 1 heterocycles. The second kappa shape index (κ2) is 4.89. The van der Waals surface area contributed by atoms with Gasteiger partial charge >= 0.3 is 0 Å². The summed E-state index contributed by atoms with van der Waals surface area (Å²) in [5, 5.41) is 6.68. The second-order valence-electron chi connectivity index (χ2n) is 3.19. The van der Waals surface area contributed by atoms with E-state index in [9.17, 15) is 8.42 Å². The van der Waals surface area contributed by atoms with Gasteiger partial charge in [0.25, 0.3) is 0 Å². The van der Waals surface area contributed by atoms with Crippen molar-refractivity contribution in [2.45, 2.75) is 26.8 Å². The van der Waals surface area contributed by atoms with Crippen molar-refractivity contribution in [3.63, 3.8) is 0 Å². The third kappa shape index (κ3) is 3.13. The van der Waals surface area contributed by atoms with Crippen LogP contribution in [-0.2, 0) is 22.8 Å². The van der Waals surface area contributed by atoms with Crippen LogP contribution in [0.2, 0.25) is 0 Å². The van der Waals surface area contributed by atoms with Crippen LogP contribution in [0.3, 0.4) is 0 Å². The smallest absolute Gasteiger partial charge is 0.195 e. The number of sulfone groups is 1. The zero-order chi connectivity index (χ0) is 11.5. The molecule has 1 aromatic heterocycles. The maximum atomic E-state index is 11.3. The standard InChI is InChI=1S/C8H15N3O2S2/c1-3-7-9-10-8(14)11(7)5-6-15(12,13)4-2/h3-6H2,1-2H3,(H,10,14). The van der Waals surface area contributed by atoms with E-state index in [2.05, 4.69) is 10.2 Å². The summed E-state index contributed by atoms with van der Waals surface area (Å²) >= 11 is 5.01. The van der Waals surface area contributed by atoms with E-state index in [1.807, 2.05) is 6.92 Å². The van der Waals surface area contributed by atoms with Crippen molar-refractivity contribution >= 4 is 22.1 Å². The van der Waals surface area contributed by atoms with Crippen LogP contribution < -0.4 is 0 Å². The molecule has 1 N–H and O–H groups in total. The Kier molecular flexibility index (Phi) is 4.04. The van der Waals surface area contributed by atoms with Crippen LogP contribution in [0.5, 0.6) is 0 Å². The van der Waals surface area contributed by atoms with E-state index in [0.29, 0.717) is 11.3 Å². The molecule has 0 unspecified atom stereocenters. The Bertz CT molecular complexity index is 472. The van der Waals surface area contributed by atoms with Gasteiger partial charge in [0.1, 0.15) is 5.82 Å². The molecule has 0 fully saturated rings. The summed E-state index contributed by atoms with van der Waals surface area (Å²) in [5.74, 6) is 1.08. The third-order valence-electron chi connectivity index (χ3n) is 2.22. The van der Waals surface area contributed by atoms with Crippen LogP contribution in [0.25, 0.3) is 0 Å². The molecule has 0 aliphatic carbocycles. The molecule has 0 atom stereocenters. The molecule has 1 aromatic rings. The summed E-state index contributed by atoms with van der Waals surface area (Å²) in [4.78, 5) is 0. The highest BCUT2D eigenvalue weighted by molar-refractivity contribution is 7.91. The van der Waals surface area contributed by atoms with E-state index in [-0.39, 0.29) is 11.5 Å². The fourth-order valence-corrected chi connectivity index (χ4v) is 2.22. The Morgan fingerprint density at radius 2 is 2.13 bits per heavy atom. The van der Waals surface area contributed by atoms with Crippen molar-refractivity contribution in [1.29, 1.82) is 0 Å². The molecular weight excluding hydrogens is 234 g/mol. The van der Waals surface area contributed by atoms with E-state index in [4.69, 9.17) is 12.2 Å². The van der Waals surface area contributed by atoms with Gasteiger partial charge in [-0.1, -0.05) is 13.8 Å². The van der Waals surface area contributed by atoms with Gasteiger partial charge < -0.3 is 4.57 Å². The van der Waals surface area contributed by atoms with Crippen molar-refractivity contribution < 1.29 is 8.42 Å². The molecule has 7 heteroatoms. The molecule has 0 aliphatic heterocycles. The summed E-state index contributed by atoms with van der Waals surface area (Å²) in [6.07, 6.45) is 0.735. The number of aromatic amines is 1. The van der Waals surface area contributed by atoms with E-state index < -0.39 is 9.84 Å². The average molecular weight is 249 g/mol. The van der Waals surface area contributed by atoms with Crippen LogP contribution in [0.1, 0.15) is 19.7 Å². The van der Waals surface area contributed by atoms with Gasteiger partial charge in [0.15, 0.2) is 14.6 Å². The minimum Gasteiger partial charge on any atom is -0.303 e. The van der Waals surface area contributed by atoms with Crippen molar-refractivity contribution in [3.8, 4) is 0 Å². The first kappa shape index (κ1) is 12.4. The molecule has 5 nitrogen and oxygen atoms in total. The molecule has 86 valence electrons. The quantitative estimate of drug-likeness (QED) is 0.789. The first-order valence-electron chi connectivity index (χ1n) is 4.84. The highest BCUT2D eigenvalue weighted by Crippen LogP contribution is 2.01. The van der Waals surface area contributed by atoms with Gasteiger partial charge in [0.2, 0.25) is 0 Å². The Labute approximate surface area is 94.4 Å². The van der Waals surface area contributed by atoms with Gasteiger partial charge in [0, 0.05) is 18.7 Å². The second-order valence-corrected chi connectivity index (χ2v) is 6.05. The minimum absolute atomic E-state index is 0.115. The van der Waals surface area contributed by atoms with Crippen molar-refractivity contribution in [2.24, 2.45) is 0 Å². The largest absolute Gasteiger partial charge is 0.303 e. The van der Waals surface area contributed by atoms with Gasteiger partial charge in [-0.3, -0.25) is 5.10 Å². The topological polar surface area (TPSA) is 67.8 Å². The number of nitrogens with one attached hydrogen (secondary N) is 1. The lowest BCUT2D eigenvalue weighted by molar-refractivity contribution is 0.587. The highest BCUT2D eigenvalue weighted by atomic mass is 32.2. The number of rotatable bonds is 5. The molecule has 0 amide bonds. The molecule has 1 rings (SSSR count). The van der Waals surface area contributed by atoms with Gasteiger partial charge in [-0.2, -0.15) is 5.10 Å². The first-order valence-corrected chi connectivity index (χ1v) is 7.07. The summed E-state index contributed by atoms with van der Waals surface area (Å²) in [7, 11) is -2.95. The zero-order valence-corrected chi connectivity index (χ0v) is 10.5. The lowest BCUT2D eigenvalue weighted by Crippen LogP contribution is -2.16. The molecule has 15 heavy (non-hydrogen) atoms. The zero-order valence-electron chi connectivity index (χ0n) is 8.86. The molecule has 0 bridgehead atoms. The molecule has 0 aliphatic rings. The van der Waals surface area contributed by atoms with Crippen LogP contribution in [0.15, 0.2) is 0 Å². The lowest BCUT2D eigenvalue weighted by Gasteiger charge is -2.04. The van der Waals surface area contributed by atoms with Gasteiger partial charge in [-0.15, -0.1) is 0 Å². The fraction of sp³-hybridized carbons (Fsp3) is 0.750. The summed E-state index contributed by atoms with van der Waals surface area (Å²) < 4.78 is 24.9. The number of H-pyrrole nitrogens is 1. The fourth-order valence-electron chi connectivity index (χ4n) is 1.23. The Morgan fingerprint density at radius 3 is 2.67 bits per heavy atom. The summed E-state index contributed by atoms with van der Waals surface area (Å²) in [6, 6.07) is 0. The highest BCUT2D eigenvalue weighted by Gasteiger charge is 2.10. The lowest BCUT2D eigenvalue weighted by atomic mass is 10.4. The van der Waals surface area contributed by atoms with E-state index in [0.717, 1.165) is 12.2 Å². The van der Waals surface area contributed by atoms with Crippen LogP contribution in [-0.4, -0.2) is 34.7 Å². The molecular formula is C8H15N3O2S2. The Morgan fingerprint density at radius 1 is 1.47 bits per heavy atom. The summed E-state index contributed by atoms with van der Waals surface area (Å²) in [6.45, 7) is 3.98. The maximum absolute atomic E-state index is 11.3. The molecule has 0 saturated carbocycles. The van der Waals surface area contributed by atoms with Crippen LogP contribution >= 0.6 is 12.2 Å². The Hall–Kier alpha value is -0.690. The number of aryl methyl sites for hydroxylation is 1. The Balaban J connectivity index is 2.82. The third-order valence-corrected chi connectivity index (χ3v) is 4.22. The van der Waals surface area contributed by atoms with Gasteiger partial charge in [-0.25, -0.2) is 8.42 Å². The van der Waals surface area contributed by atoms with Crippen LogP contribution in [0.4, 0.5) is 0 Å². The van der Waals surface area contributed by atoms with Crippen molar-refractivity contribution in [1.82, 2.24) is 14.8 Å².